The number of aliphatic hydroxyl groups is 1. The Morgan fingerprint density at radius 2 is 1.73 bits per heavy atom. The molecule has 3 amide bonds. The van der Waals surface area contributed by atoms with E-state index < -0.39 is 42.4 Å². The van der Waals surface area contributed by atoms with Crippen molar-refractivity contribution in [2.24, 2.45) is 5.92 Å². The van der Waals surface area contributed by atoms with Crippen molar-refractivity contribution in [3.8, 4) is 5.75 Å². The van der Waals surface area contributed by atoms with Gasteiger partial charge in [0, 0.05) is 26.6 Å². The smallest absolute Gasteiger partial charge is 0.245 e. The molecule has 4 atom stereocenters. The molecule has 0 saturated heterocycles. The monoisotopic (exact) mass is 566 g/mol. The summed E-state index contributed by atoms with van der Waals surface area (Å²) < 4.78 is 19.9. The van der Waals surface area contributed by atoms with Gasteiger partial charge in [-0.2, -0.15) is 0 Å². The maximum atomic E-state index is 13.6. The van der Waals surface area contributed by atoms with Crippen LogP contribution < -0.4 is 20.7 Å². The molecular weight excluding hydrogens is 527 g/mol. The lowest BCUT2D eigenvalue weighted by atomic mass is 9.96. The maximum Gasteiger partial charge on any atom is 0.245 e. The van der Waals surface area contributed by atoms with Crippen molar-refractivity contribution in [3.05, 3.63) is 65.0 Å². The number of hydrogen-bond donors (Lipinski definition) is 4. The van der Waals surface area contributed by atoms with E-state index >= 15 is 0 Å². The third-order valence-corrected chi connectivity index (χ3v) is 8.32. The number of aryl methyl sites for hydroxylation is 2. The number of benzene rings is 2. The van der Waals surface area contributed by atoms with E-state index in [1.807, 2.05) is 12.1 Å². The molecule has 2 bridgehead atoms. The Morgan fingerprint density at radius 1 is 1.00 bits per heavy atom. The van der Waals surface area contributed by atoms with Crippen LogP contribution in [0.25, 0.3) is 0 Å². The topological polar surface area (TPSA) is 120 Å². The summed E-state index contributed by atoms with van der Waals surface area (Å²) in [5.41, 5.74) is 2.92. The highest BCUT2D eigenvalue weighted by atomic mass is 19.1. The van der Waals surface area contributed by atoms with E-state index in [0.717, 1.165) is 37.0 Å². The number of halogens is 1. The lowest BCUT2D eigenvalue weighted by molar-refractivity contribution is -0.143. The van der Waals surface area contributed by atoms with Gasteiger partial charge < -0.3 is 30.7 Å². The number of rotatable bonds is 4. The summed E-state index contributed by atoms with van der Waals surface area (Å²) in [4.78, 5) is 41.6. The Balaban J connectivity index is 1.40. The highest BCUT2D eigenvalue weighted by Crippen LogP contribution is 2.35. The number of nitrogens with zero attached hydrogens (tertiary/aromatic N) is 1. The molecule has 1 fully saturated rings. The zero-order valence-corrected chi connectivity index (χ0v) is 23.4. The van der Waals surface area contributed by atoms with Crippen LogP contribution >= 0.6 is 0 Å². The van der Waals surface area contributed by atoms with E-state index in [4.69, 9.17) is 4.74 Å². The number of carbonyl (C=O) groups excluding carboxylic acids is 3. The van der Waals surface area contributed by atoms with Gasteiger partial charge in [-0.15, -0.1) is 0 Å². The van der Waals surface area contributed by atoms with Crippen LogP contribution in [0, 0.1) is 11.7 Å². The van der Waals surface area contributed by atoms with Crippen LogP contribution in [-0.4, -0.2) is 78.7 Å². The van der Waals surface area contributed by atoms with Crippen LogP contribution in [0.5, 0.6) is 5.75 Å². The number of fused-ring (bicyclic) bond motifs is 1. The van der Waals surface area contributed by atoms with Gasteiger partial charge in [-0.1, -0.05) is 30.3 Å². The molecule has 1 aliphatic carbocycles. The summed E-state index contributed by atoms with van der Waals surface area (Å²) in [5.74, 6) is -0.645. The van der Waals surface area contributed by atoms with Gasteiger partial charge in [0.15, 0.2) is 0 Å². The normalized spacial score (nSPS) is 26.3. The SMILES string of the molecule is CN1C(=O)[C@H](C2CC2)NCC2CCc3cccc(c3O2)CCCNC(=O)[C@@H](Cc2ccc(F)cc2)NC(=O)[C@@H]1CO. The van der Waals surface area contributed by atoms with E-state index in [0.29, 0.717) is 31.5 Å². The van der Waals surface area contributed by atoms with Crippen LogP contribution in [0.3, 0.4) is 0 Å². The largest absolute Gasteiger partial charge is 0.489 e. The second kappa shape index (κ2) is 13.0. The van der Waals surface area contributed by atoms with E-state index in [2.05, 4.69) is 22.0 Å². The third-order valence-electron chi connectivity index (χ3n) is 8.32. The highest BCUT2D eigenvalue weighted by Gasteiger charge is 2.41. The van der Waals surface area contributed by atoms with Crippen LogP contribution in [-0.2, 0) is 33.6 Å². The number of hydrogen-bond acceptors (Lipinski definition) is 6. The predicted octanol–water partition coefficient (Wildman–Crippen LogP) is 1.50. The van der Waals surface area contributed by atoms with Crippen LogP contribution in [0.1, 0.15) is 42.4 Å². The minimum absolute atomic E-state index is 0.0919. The molecule has 2 aromatic carbocycles. The standard InChI is InChI=1S/C31H39FN4O5/c1-36-26(18-37)30(39)35-25(16-19-7-12-23(32)13-8-19)29(38)33-15-3-6-21-4-2-5-22-11-14-24(41-28(21)22)17-34-27(31(36)40)20-9-10-20/h2,4-5,7-8,12-13,20,24-27,34,37H,3,6,9-11,14-18H2,1H3,(H,33,38)(H,35,39)/t24?,25-,26+,27+/m1/s1. The van der Waals surface area contributed by atoms with Crippen LogP contribution in [0.15, 0.2) is 42.5 Å². The summed E-state index contributed by atoms with van der Waals surface area (Å²) in [6.07, 6.45) is 4.94. The molecule has 5 rings (SSSR count). The molecule has 41 heavy (non-hydrogen) atoms. The van der Waals surface area contributed by atoms with Crippen LogP contribution in [0.4, 0.5) is 4.39 Å². The molecule has 3 aliphatic rings. The lowest BCUT2D eigenvalue weighted by Gasteiger charge is -2.33. The number of amides is 3. The Kier molecular flexibility index (Phi) is 9.19. The number of likely N-dealkylation sites (N-methyl/N-ethyl adjacent to an activating group) is 1. The maximum absolute atomic E-state index is 13.6. The molecule has 1 saturated carbocycles. The fourth-order valence-electron chi connectivity index (χ4n) is 5.71. The zero-order valence-electron chi connectivity index (χ0n) is 23.4. The molecule has 10 heteroatoms. The van der Waals surface area contributed by atoms with Crippen molar-refractivity contribution in [1.29, 1.82) is 0 Å². The van der Waals surface area contributed by atoms with Crippen LogP contribution in [0.2, 0.25) is 0 Å². The molecule has 2 heterocycles. The fourth-order valence-corrected chi connectivity index (χ4v) is 5.71. The quantitative estimate of drug-likeness (QED) is 0.446. The molecular formula is C31H39FN4O5. The van der Waals surface area contributed by atoms with E-state index in [9.17, 15) is 23.9 Å². The summed E-state index contributed by atoms with van der Waals surface area (Å²) in [6, 6.07) is 9.25. The van der Waals surface area contributed by atoms with Gasteiger partial charge in [-0.3, -0.25) is 14.4 Å². The number of aliphatic hydroxyl groups excluding tert-OH is 1. The number of carbonyl (C=O) groups is 3. The Hall–Kier alpha value is -3.50. The van der Waals surface area contributed by atoms with Crippen molar-refractivity contribution in [3.63, 3.8) is 0 Å². The van der Waals surface area contributed by atoms with Crippen molar-refractivity contribution < 1.29 is 28.6 Å². The second-order valence-corrected chi connectivity index (χ2v) is 11.3. The van der Waals surface area contributed by atoms with Crippen molar-refractivity contribution in [1.82, 2.24) is 20.9 Å². The lowest BCUT2D eigenvalue weighted by Crippen LogP contribution is -2.59. The first-order chi connectivity index (χ1) is 19.8. The molecule has 220 valence electrons. The van der Waals surface area contributed by atoms with Gasteiger partial charge in [0.25, 0.3) is 0 Å². The van der Waals surface area contributed by atoms with E-state index in [1.165, 1.54) is 29.6 Å². The van der Waals surface area contributed by atoms with E-state index in [-0.39, 0.29) is 24.3 Å². The summed E-state index contributed by atoms with van der Waals surface area (Å²) in [7, 11) is 1.51. The van der Waals surface area contributed by atoms with Crippen molar-refractivity contribution in [2.45, 2.75) is 69.2 Å². The van der Waals surface area contributed by atoms with Gasteiger partial charge in [0.2, 0.25) is 17.7 Å². The molecule has 9 nitrogen and oxygen atoms in total. The summed E-state index contributed by atoms with van der Waals surface area (Å²) >= 11 is 0. The van der Waals surface area contributed by atoms with Gasteiger partial charge >= 0.3 is 0 Å². The summed E-state index contributed by atoms with van der Waals surface area (Å²) in [6.45, 7) is 0.288. The molecule has 4 N–H and O–H groups in total. The third kappa shape index (κ3) is 7.05. The molecule has 2 aliphatic heterocycles. The average Bonchev–Trinajstić information content (AvgIpc) is 3.81. The first kappa shape index (κ1) is 29.0. The second-order valence-electron chi connectivity index (χ2n) is 11.3. The molecule has 1 unspecified atom stereocenters. The molecule has 2 aromatic rings. The van der Waals surface area contributed by atoms with Crippen molar-refractivity contribution in [2.75, 3.05) is 26.7 Å². The molecule has 0 spiro atoms. The zero-order chi connectivity index (χ0) is 28.9. The van der Waals surface area contributed by atoms with Gasteiger partial charge in [-0.25, -0.2) is 4.39 Å². The van der Waals surface area contributed by atoms with Gasteiger partial charge in [0.1, 0.15) is 29.8 Å². The average molecular weight is 567 g/mol. The predicted molar refractivity (Wildman–Crippen MR) is 151 cm³/mol. The minimum atomic E-state index is -1.17. The van der Waals surface area contributed by atoms with Gasteiger partial charge in [-0.05, 0) is 73.3 Å². The number of ether oxygens (including phenoxy) is 1. The highest BCUT2D eigenvalue weighted by molar-refractivity contribution is 5.93. The Morgan fingerprint density at radius 3 is 2.44 bits per heavy atom. The van der Waals surface area contributed by atoms with E-state index in [1.54, 1.807) is 12.1 Å². The summed E-state index contributed by atoms with van der Waals surface area (Å²) in [5, 5.41) is 19.2. The first-order valence-electron chi connectivity index (χ1n) is 14.5. The molecule has 0 aromatic heterocycles. The fraction of sp³-hybridized carbons (Fsp3) is 0.516. The first-order valence-corrected chi connectivity index (χ1v) is 14.5. The Labute approximate surface area is 239 Å². The van der Waals surface area contributed by atoms with Crippen molar-refractivity contribution >= 4 is 17.7 Å². The number of para-hydroxylation sites is 1. The minimum Gasteiger partial charge on any atom is -0.489 e. The number of nitrogens with one attached hydrogen (secondary N) is 3. The van der Waals surface area contributed by atoms with Gasteiger partial charge in [0.05, 0.1) is 12.6 Å². The Bertz CT molecular complexity index is 1250. The molecule has 0 radical (unpaired) electrons.